The molecule has 76 heavy (non-hydrogen) atoms. The van der Waals surface area contributed by atoms with Crippen LogP contribution < -0.4 is 4.90 Å². The second-order valence-electron chi connectivity index (χ2n) is 19.7. The number of anilines is 2. The highest BCUT2D eigenvalue weighted by molar-refractivity contribution is 6.27. The fraction of sp³-hybridized carbons (Fsp3) is 0.0141. The number of hydrogen-bond donors (Lipinski definition) is 0. The minimum absolute atomic E-state index is 0.604. The molecule has 0 fully saturated rings. The summed E-state index contributed by atoms with van der Waals surface area (Å²) in [6, 6.07) is 91.3. The number of nitriles is 1. The van der Waals surface area contributed by atoms with E-state index in [1.54, 1.807) is 0 Å². The molecule has 14 aromatic rings. The van der Waals surface area contributed by atoms with E-state index < -0.39 is 0 Å². The zero-order valence-electron chi connectivity index (χ0n) is 41.1. The molecule has 5 heteroatoms. The summed E-state index contributed by atoms with van der Waals surface area (Å²) >= 11 is 0. The van der Waals surface area contributed by atoms with Crippen LogP contribution in [0.15, 0.2) is 249 Å². The molecule has 0 saturated carbocycles. The van der Waals surface area contributed by atoms with Crippen LogP contribution in [0.4, 0.5) is 11.4 Å². The van der Waals surface area contributed by atoms with E-state index in [9.17, 15) is 5.26 Å². The molecule has 0 spiro atoms. The van der Waals surface area contributed by atoms with Gasteiger partial charge in [0.05, 0.1) is 11.6 Å². The van der Waals surface area contributed by atoms with Crippen LogP contribution in [-0.2, 0) is 6.54 Å². The summed E-state index contributed by atoms with van der Waals surface area (Å²) in [6.07, 6.45) is 0. The molecule has 2 heterocycles. The molecule has 0 aliphatic carbocycles. The van der Waals surface area contributed by atoms with Gasteiger partial charge >= 0.3 is 0 Å². The summed E-state index contributed by atoms with van der Waals surface area (Å²) in [5.41, 5.74) is 13.8. The Morgan fingerprint density at radius 2 is 0.842 bits per heavy atom. The van der Waals surface area contributed by atoms with E-state index in [1.807, 2.05) is 42.5 Å². The van der Waals surface area contributed by atoms with Crippen molar-refractivity contribution in [3.8, 4) is 73.6 Å². The third kappa shape index (κ3) is 6.89. The summed E-state index contributed by atoms with van der Waals surface area (Å²) < 4.78 is 0. The van der Waals surface area contributed by atoms with E-state index in [1.165, 1.54) is 32.5 Å². The molecule has 0 atom stereocenters. The van der Waals surface area contributed by atoms with Crippen molar-refractivity contribution in [1.29, 1.82) is 5.26 Å². The van der Waals surface area contributed by atoms with Gasteiger partial charge in [0, 0.05) is 45.4 Å². The predicted molar refractivity (Wildman–Crippen MR) is 314 cm³/mol. The molecule has 1 aromatic heterocycles. The van der Waals surface area contributed by atoms with Gasteiger partial charge in [0.25, 0.3) is 0 Å². The highest BCUT2D eigenvalue weighted by Gasteiger charge is 2.27. The molecule has 15 rings (SSSR count). The third-order valence-electron chi connectivity index (χ3n) is 15.5. The Hall–Kier alpha value is -10.3. The number of aromatic nitrogens is 3. The first-order valence-corrected chi connectivity index (χ1v) is 25.8. The predicted octanol–water partition coefficient (Wildman–Crippen LogP) is 18.3. The van der Waals surface area contributed by atoms with Crippen LogP contribution in [0.25, 0.3) is 132 Å². The molecular weight excluding hydrogens is 923 g/mol. The monoisotopic (exact) mass is 965 g/mol. The van der Waals surface area contributed by atoms with Gasteiger partial charge in [-0.3, -0.25) is 0 Å². The zero-order chi connectivity index (χ0) is 50.3. The lowest BCUT2D eigenvalue weighted by molar-refractivity contribution is 0.982. The standard InChI is InChI=1S/C71H43N5/c72-42-50-30-31-51-43-76(52-24-8-3-9-25-52)64-39-38-55(59-37-36-56(50)65(51)68(59)64)48-32-34-60-62(40-48)66(57-28-14-22-44-16-10-12-26-53(44)57)61-35-33-49(41-63(61)67(60)58-29-15-23-45-17-11-13-27-54(45)58)71-74-69(46-18-4-1-5-19-46)73-70(75-71)47-20-6-2-7-21-47/h1-41H,43H2. The molecule has 0 radical (unpaired) electrons. The molecular formula is C71H43N5. The van der Waals surface area contributed by atoms with Crippen molar-refractivity contribution in [2.24, 2.45) is 0 Å². The first kappa shape index (κ1) is 43.3. The highest BCUT2D eigenvalue weighted by atomic mass is 15.1. The van der Waals surface area contributed by atoms with Gasteiger partial charge in [-0.05, 0) is 129 Å². The summed E-state index contributed by atoms with van der Waals surface area (Å²) in [6.45, 7) is 0.712. The minimum Gasteiger partial charge on any atom is -0.336 e. The molecule has 13 aromatic carbocycles. The summed E-state index contributed by atoms with van der Waals surface area (Å²) in [7, 11) is 0. The van der Waals surface area contributed by atoms with Crippen LogP contribution in [-0.4, -0.2) is 15.0 Å². The number of rotatable bonds is 7. The van der Waals surface area contributed by atoms with Gasteiger partial charge in [0.15, 0.2) is 17.5 Å². The van der Waals surface area contributed by atoms with E-state index in [-0.39, 0.29) is 0 Å². The molecule has 352 valence electrons. The molecule has 0 saturated heterocycles. The summed E-state index contributed by atoms with van der Waals surface area (Å²) in [5.74, 6) is 1.85. The largest absolute Gasteiger partial charge is 0.336 e. The van der Waals surface area contributed by atoms with Gasteiger partial charge in [-0.15, -0.1) is 0 Å². The third-order valence-corrected chi connectivity index (χ3v) is 15.5. The second kappa shape index (κ2) is 17.4. The van der Waals surface area contributed by atoms with Crippen molar-refractivity contribution < 1.29 is 0 Å². The first-order chi connectivity index (χ1) is 37.6. The van der Waals surface area contributed by atoms with Gasteiger partial charge in [-0.25, -0.2) is 15.0 Å². The van der Waals surface area contributed by atoms with Gasteiger partial charge in [0.1, 0.15) is 0 Å². The number of benzene rings is 13. The van der Waals surface area contributed by atoms with Crippen molar-refractivity contribution >= 4 is 76.0 Å². The van der Waals surface area contributed by atoms with E-state index in [0.717, 1.165) is 99.1 Å². The number of para-hydroxylation sites is 1. The highest BCUT2D eigenvalue weighted by Crippen LogP contribution is 2.51. The van der Waals surface area contributed by atoms with E-state index >= 15 is 0 Å². The molecule has 0 N–H and O–H groups in total. The van der Waals surface area contributed by atoms with Gasteiger partial charge in [0.2, 0.25) is 0 Å². The van der Waals surface area contributed by atoms with Crippen LogP contribution in [0.3, 0.4) is 0 Å². The van der Waals surface area contributed by atoms with Crippen molar-refractivity contribution in [3.63, 3.8) is 0 Å². The fourth-order valence-corrected chi connectivity index (χ4v) is 12.1. The molecule has 1 aliphatic rings. The lowest BCUT2D eigenvalue weighted by atomic mass is 9.82. The van der Waals surface area contributed by atoms with E-state index in [4.69, 9.17) is 15.0 Å². The Labute approximate surface area is 438 Å². The van der Waals surface area contributed by atoms with Crippen LogP contribution in [0, 0.1) is 11.3 Å². The average molecular weight is 966 g/mol. The Bertz CT molecular complexity index is 4670. The zero-order valence-corrected chi connectivity index (χ0v) is 41.1. The number of hydrogen-bond acceptors (Lipinski definition) is 5. The molecule has 0 unspecified atom stereocenters. The maximum absolute atomic E-state index is 10.4. The normalized spacial score (nSPS) is 12.1. The SMILES string of the molecule is N#Cc1ccc2c3c1ccc1c(-c4ccc5c(-c6cccc7ccccc67)c6cc(-c7nc(-c8ccccc8)nc(-c8ccccc8)n7)ccc6c(-c6cccc7ccccc67)c5c4)ccc(c13)N(c1ccccc1)C2. The van der Waals surface area contributed by atoms with Crippen molar-refractivity contribution in [1.82, 2.24) is 15.0 Å². The Morgan fingerprint density at radius 1 is 0.342 bits per heavy atom. The Balaban J connectivity index is 1.05. The van der Waals surface area contributed by atoms with Gasteiger partial charge in [-0.2, -0.15) is 5.26 Å². The Kier molecular flexibility index (Phi) is 9.94. The lowest BCUT2D eigenvalue weighted by Gasteiger charge is -2.32. The van der Waals surface area contributed by atoms with Gasteiger partial charge in [-0.1, -0.05) is 212 Å². The molecule has 0 bridgehead atoms. The molecule has 1 aliphatic heterocycles. The maximum Gasteiger partial charge on any atom is 0.164 e. The first-order valence-electron chi connectivity index (χ1n) is 25.8. The van der Waals surface area contributed by atoms with Crippen molar-refractivity contribution in [2.45, 2.75) is 6.54 Å². The van der Waals surface area contributed by atoms with Crippen LogP contribution >= 0.6 is 0 Å². The molecule has 5 nitrogen and oxygen atoms in total. The van der Waals surface area contributed by atoms with E-state index in [0.29, 0.717) is 29.6 Å². The number of fused-ring (bicyclic) bond motifs is 4. The molecule has 0 amide bonds. The van der Waals surface area contributed by atoms with Crippen LogP contribution in [0.5, 0.6) is 0 Å². The average Bonchev–Trinajstić information content (AvgIpc) is 3.54. The van der Waals surface area contributed by atoms with Crippen LogP contribution in [0.1, 0.15) is 11.1 Å². The quantitative estimate of drug-likeness (QED) is 0.118. The van der Waals surface area contributed by atoms with Crippen LogP contribution in [0.2, 0.25) is 0 Å². The van der Waals surface area contributed by atoms with Gasteiger partial charge < -0.3 is 4.90 Å². The lowest BCUT2D eigenvalue weighted by Crippen LogP contribution is -2.20. The number of nitrogens with zero attached hydrogens (tertiary/aromatic N) is 5. The van der Waals surface area contributed by atoms with Crippen molar-refractivity contribution in [3.05, 3.63) is 260 Å². The summed E-state index contributed by atoms with van der Waals surface area (Å²) in [5, 5.41) is 24.1. The smallest absolute Gasteiger partial charge is 0.164 e. The second-order valence-corrected chi connectivity index (χ2v) is 19.7. The maximum atomic E-state index is 10.4. The van der Waals surface area contributed by atoms with E-state index in [2.05, 4.69) is 217 Å². The summed E-state index contributed by atoms with van der Waals surface area (Å²) in [4.78, 5) is 17.9. The minimum atomic E-state index is 0.604. The van der Waals surface area contributed by atoms with Crippen molar-refractivity contribution in [2.75, 3.05) is 4.90 Å². The Morgan fingerprint density at radius 3 is 1.45 bits per heavy atom. The fourth-order valence-electron chi connectivity index (χ4n) is 12.1. The topological polar surface area (TPSA) is 65.7 Å².